The lowest BCUT2D eigenvalue weighted by Crippen LogP contribution is -2.29. The van der Waals surface area contributed by atoms with Gasteiger partial charge in [0.2, 0.25) is 5.76 Å². The number of amides is 1. The van der Waals surface area contributed by atoms with Crippen LogP contribution in [0.25, 0.3) is 11.0 Å². The number of hydrogen-bond acceptors (Lipinski definition) is 4. The first-order valence-corrected chi connectivity index (χ1v) is 12.0. The molecule has 1 amide bonds. The largest absolute Gasteiger partial charge is 0.489 e. The van der Waals surface area contributed by atoms with Gasteiger partial charge in [-0.2, -0.15) is 0 Å². The van der Waals surface area contributed by atoms with E-state index in [9.17, 15) is 14.0 Å². The summed E-state index contributed by atoms with van der Waals surface area (Å²) in [6, 6.07) is 29.5. The fraction of sp³-hybridized carbons (Fsp3) is 0.0968. The second-order valence-corrected chi connectivity index (χ2v) is 8.98. The van der Waals surface area contributed by atoms with Crippen LogP contribution in [0.5, 0.6) is 5.75 Å². The van der Waals surface area contributed by atoms with Gasteiger partial charge in [-0.15, -0.1) is 0 Å². The fourth-order valence-electron chi connectivity index (χ4n) is 4.75. The van der Waals surface area contributed by atoms with Gasteiger partial charge in [0.1, 0.15) is 23.8 Å². The molecule has 6 rings (SSSR count). The van der Waals surface area contributed by atoms with Gasteiger partial charge in [0.25, 0.3) is 5.91 Å². The van der Waals surface area contributed by atoms with Gasteiger partial charge in [0, 0.05) is 6.54 Å². The van der Waals surface area contributed by atoms with E-state index in [1.54, 1.807) is 41.3 Å². The minimum Gasteiger partial charge on any atom is -0.489 e. The first-order valence-electron chi connectivity index (χ1n) is 12.0. The number of rotatable bonds is 6. The Labute approximate surface area is 212 Å². The van der Waals surface area contributed by atoms with E-state index in [1.165, 1.54) is 12.1 Å². The first kappa shape index (κ1) is 22.7. The number of hydrogen-bond donors (Lipinski definition) is 0. The summed E-state index contributed by atoms with van der Waals surface area (Å²) in [6.07, 6.45) is 0. The number of nitrogens with zero attached hydrogens (tertiary/aromatic N) is 1. The molecule has 6 heteroatoms. The van der Waals surface area contributed by atoms with Crippen LogP contribution in [-0.4, -0.2) is 10.8 Å². The van der Waals surface area contributed by atoms with Gasteiger partial charge < -0.3 is 14.1 Å². The third-order valence-electron chi connectivity index (χ3n) is 6.58. The number of fused-ring (bicyclic) bond motifs is 2. The van der Waals surface area contributed by atoms with Crippen molar-refractivity contribution in [3.05, 3.63) is 147 Å². The highest BCUT2D eigenvalue weighted by Gasteiger charge is 2.42. The second kappa shape index (κ2) is 9.39. The Balaban J connectivity index is 1.39. The molecule has 5 nitrogen and oxygen atoms in total. The van der Waals surface area contributed by atoms with E-state index in [-0.39, 0.29) is 29.5 Å². The molecule has 0 saturated carbocycles. The van der Waals surface area contributed by atoms with Gasteiger partial charge in [-0.3, -0.25) is 9.59 Å². The summed E-state index contributed by atoms with van der Waals surface area (Å²) < 4.78 is 25.4. The van der Waals surface area contributed by atoms with Crippen molar-refractivity contribution in [3.8, 4) is 5.75 Å². The first-order chi connectivity index (χ1) is 18.1. The van der Waals surface area contributed by atoms with Gasteiger partial charge >= 0.3 is 0 Å². The molecule has 182 valence electrons. The molecule has 0 N–H and O–H groups in total. The number of halogens is 1. The van der Waals surface area contributed by atoms with Crippen molar-refractivity contribution in [2.75, 3.05) is 0 Å². The molecular formula is C31H22FNO4. The molecule has 5 aromatic rings. The predicted molar refractivity (Wildman–Crippen MR) is 138 cm³/mol. The van der Waals surface area contributed by atoms with Crippen molar-refractivity contribution in [2.24, 2.45) is 0 Å². The van der Waals surface area contributed by atoms with Crippen LogP contribution in [0.1, 0.15) is 38.9 Å². The van der Waals surface area contributed by atoms with Crippen molar-refractivity contribution in [1.29, 1.82) is 0 Å². The van der Waals surface area contributed by atoms with Crippen molar-refractivity contribution >= 4 is 16.9 Å². The molecule has 0 radical (unpaired) electrons. The number of benzene rings is 4. The van der Waals surface area contributed by atoms with Crippen LogP contribution in [0.15, 0.2) is 112 Å². The van der Waals surface area contributed by atoms with E-state index in [0.29, 0.717) is 28.9 Å². The normalized spacial score (nSPS) is 14.7. The smallest absolute Gasteiger partial charge is 0.291 e. The maximum absolute atomic E-state index is 13.6. The Bertz CT molecular complexity index is 1640. The summed E-state index contributed by atoms with van der Waals surface area (Å²) in [7, 11) is 0. The molecule has 4 aromatic carbocycles. The van der Waals surface area contributed by atoms with E-state index in [4.69, 9.17) is 9.15 Å². The zero-order valence-corrected chi connectivity index (χ0v) is 19.8. The number of carbonyl (C=O) groups is 1. The van der Waals surface area contributed by atoms with Crippen LogP contribution in [0, 0.1) is 5.82 Å². The molecule has 0 fully saturated rings. The highest BCUT2D eigenvalue weighted by molar-refractivity contribution is 5.99. The Morgan fingerprint density at radius 3 is 2.24 bits per heavy atom. The van der Waals surface area contributed by atoms with Gasteiger partial charge in [0.05, 0.1) is 17.0 Å². The molecule has 1 aromatic heterocycles. The quantitative estimate of drug-likeness (QED) is 0.281. The van der Waals surface area contributed by atoms with Crippen molar-refractivity contribution < 1.29 is 18.3 Å². The predicted octanol–water partition coefficient (Wildman–Crippen LogP) is 6.26. The van der Waals surface area contributed by atoms with E-state index < -0.39 is 6.04 Å². The highest BCUT2D eigenvalue weighted by atomic mass is 19.1. The summed E-state index contributed by atoms with van der Waals surface area (Å²) in [5.74, 6) is -0.0184. The van der Waals surface area contributed by atoms with E-state index >= 15 is 0 Å². The summed E-state index contributed by atoms with van der Waals surface area (Å²) in [5, 5.41) is 0.422. The summed E-state index contributed by atoms with van der Waals surface area (Å²) >= 11 is 0. The molecule has 1 unspecified atom stereocenters. The fourth-order valence-corrected chi connectivity index (χ4v) is 4.75. The van der Waals surface area contributed by atoms with Gasteiger partial charge in [-0.25, -0.2) is 4.39 Å². The van der Waals surface area contributed by atoms with Gasteiger partial charge in [0.15, 0.2) is 5.43 Å². The van der Waals surface area contributed by atoms with E-state index in [0.717, 1.165) is 16.7 Å². The molecule has 0 saturated heterocycles. The molecule has 1 aliphatic rings. The van der Waals surface area contributed by atoms with E-state index in [2.05, 4.69) is 0 Å². The number of ether oxygens (including phenoxy) is 1. The summed E-state index contributed by atoms with van der Waals surface area (Å²) in [6.45, 7) is 0.618. The topological polar surface area (TPSA) is 59.8 Å². The zero-order chi connectivity index (χ0) is 25.4. The highest BCUT2D eigenvalue weighted by Crippen LogP contribution is 2.39. The van der Waals surface area contributed by atoms with Gasteiger partial charge in [-0.05, 0) is 53.1 Å². The average molecular weight is 492 g/mol. The minimum absolute atomic E-state index is 0.0419. The SMILES string of the molecule is O=C1c2oc3ccccc3c(=O)c2C(c2ccc(OCc3ccccc3)cc2)N1Cc1ccc(F)cc1. The monoisotopic (exact) mass is 491 g/mol. The number of carbonyl (C=O) groups excluding carboxylic acids is 1. The van der Waals surface area contributed by atoms with Crippen molar-refractivity contribution in [1.82, 2.24) is 4.90 Å². The molecular weight excluding hydrogens is 469 g/mol. The lowest BCUT2D eigenvalue weighted by Gasteiger charge is -2.25. The maximum Gasteiger partial charge on any atom is 0.291 e. The lowest BCUT2D eigenvalue weighted by atomic mass is 9.98. The van der Waals surface area contributed by atoms with Crippen LogP contribution in [-0.2, 0) is 13.2 Å². The van der Waals surface area contributed by atoms with Crippen LogP contribution in [0.2, 0.25) is 0 Å². The second-order valence-electron chi connectivity index (χ2n) is 8.98. The molecule has 2 heterocycles. The average Bonchev–Trinajstić information content (AvgIpc) is 3.21. The van der Waals surface area contributed by atoms with Crippen LogP contribution in [0.3, 0.4) is 0 Å². The Hall–Kier alpha value is -4.71. The lowest BCUT2D eigenvalue weighted by molar-refractivity contribution is 0.0714. The molecule has 0 bridgehead atoms. The molecule has 1 aliphatic heterocycles. The number of para-hydroxylation sites is 1. The van der Waals surface area contributed by atoms with Crippen LogP contribution < -0.4 is 10.2 Å². The molecule has 37 heavy (non-hydrogen) atoms. The Morgan fingerprint density at radius 1 is 0.784 bits per heavy atom. The standard InChI is InChI=1S/C31H22FNO4/c32-23-14-10-20(11-15-23)18-33-28(22-12-16-24(17-13-22)36-19-21-6-2-1-3-7-21)27-29(34)25-8-4-5-9-26(25)37-30(27)31(33)35/h1-17,28H,18-19H2. The third-order valence-corrected chi connectivity index (χ3v) is 6.58. The molecule has 0 spiro atoms. The summed E-state index contributed by atoms with van der Waals surface area (Å²) in [5.41, 5.74) is 2.99. The van der Waals surface area contributed by atoms with Crippen LogP contribution >= 0.6 is 0 Å². The maximum atomic E-state index is 13.6. The Morgan fingerprint density at radius 2 is 1.49 bits per heavy atom. The molecule has 1 atom stereocenters. The summed E-state index contributed by atoms with van der Waals surface area (Å²) in [4.78, 5) is 28.8. The van der Waals surface area contributed by atoms with E-state index in [1.807, 2.05) is 54.6 Å². The van der Waals surface area contributed by atoms with Gasteiger partial charge in [-0.1, -0.05) is 66.7 Å². The minimum atomic E-state index is -0.656. The van der Waals surface area contributed by atoms with Crippen LogP contribution in [0.4, 0.5) is 4.39 Å². The van der Waals surface area contributed by atoms with Crippen molar-refractivity contribution in [3.63, 3.8) is 0 Å². The third kappa shape index (κ3) is 4.27. The Kier molecular flexibility index (Phi) is 5.77. The zero-order valence-electron chi connectivity index (χ0n) is 19.8. The van der Waals surface area contributed by atoms with Crippen molar-refractivity contribution in [2.45, 2.75) is 19.2 Å². The molecule has 0 aliphatic carbocycles.